The summed E-state index contributed by atoms with van der Waals surface area (Å²) in [6.07, 6.45) is -2.71. The molecule has 2 aliphatic rings. The zero-order chi connectivity index (χ0) is 23.2. The van der Waals surface area contributed by atoms with Crippen molar-refractivity contribution < 1.29 is 28.4 Å². The summed E-state index contributed by atoms with van der Waals surface area (Å²) >= 11 is 0. The van der Waals surface area contributed by atoms with Crippen LogP contribution in [0.25, 0.3) is 0 Å². The lowest BCUT2D eigenvalue weighted by atomic mass is 9.97. The molecule has 6 atom stereocenters. The van der Waals surface area contributed by atoms with E-state index in [1.807, 2.05) is 91.0 Å². The standard InChI is InChI=1S/C28H30O6/c1-29-28-26(31-18-21-13-7-3-8-14-21)25(30-17-20-11-5-2-6-12-20)24-23(33-28)19-32-27(34-24)22-15-9-4-10-16-22/h2-16,23-28H,17-19H2,1H3/t23?,24?,25-,26+,27+,28-/m0/s1. The highest BCUT2D eigenvalue weighted by atomic mass is 16.8. The van der Waals surface area contributed by atoms with Crippen LogP contribution < -0.4 is 0 Å². The first-order chi connectivity index (χ1) is 16.8. The third-order valence-electron chi connectivity index (χ3n) is 6.16. The molecule has 0 aromatic heterocycles. The minimum Gasteiger partial charge on any atom is -0.368 e. The fourth-order valence-corrected chi connectivity index (χ4v) is 4.42. The SMILES string of the molecule is CO[C@H]1OC2CO[C@@H](c3ccccc3)OC2[C@H](OCc2ccccc2)[C@H]1OCc1ccccc1. The average Bonchev–Trinajstić information content (AvgIpc) is 2.91. The van der Waals surface area contributed by atoms with Gasteiger partial charge in [-0.05, 0) is 11.1 Å². The molecule has 3 aromatic rings. The largest absolute Gasteiger partial charge is 0.368 e. The lowest BCUT2D eigenvalue weighted by Crippen LogP contribution is -2.63. The molecule has 0 aliphatic carbocycles. The van der Waals surface area contributed by atoms with E-state index in [4.69, 9.17) is 28.4 Å². The summed E-state index contributed by atoms with van der Waals surface area (Å²) in [5, 5.41) is 0. The van der Waals surface area contributed by atoms with Crippen molar-refractivity contribution in [2.75, 3.05) is 13.7 Å². The van der Waals surface area contributed by atoms with Gasteiger partial charge < -0.3 is 28.4 Å². The molecular formula is C28H30O6. The maximum atomic E-state index is 6.49. The molecule has 178 valence electrons. The fourth-order valence-electron chi connectivity index (χ4n) is 4.42. The molecule has 6 heteroatoms. The van der Waals surface area contributed by atoms with Gasteiger partial charge in [-0.15, -0.1) is 0 Å². The van der Waals surface area contributed by atoms with Crippen molar-refractivity contribution in [1.82, 2.24) is 0 Å². The number of benzene rings is 3. The lowest BCUT2D eigenvalue weighted by Gasteiger charge is -2.48. The number of ether oxygens (including phenoxy) is 6. The Kier molecular flexibility index (Phi) is 7.65. The van der Waals surface area contributed by atoms with Crippen LogP contribution in [-0.2, 0) is 41.6 Å². The van der Waals surface area contributed by atoms with Crippen LogP contribution in [0.2, 0.25) is 0 Å². The molecule has 2 heterocycles. The highest BCUT2D eigenvalue weighted by molar-refractivity contribution is 5.17. The van der Waals surface area contributed by atoms with Crippen molar-refractivity contribution in [2.24, 2.45) is 0 Å². The maximum Gasteiger partial charge on any atom is 0.186 e. The summed E-state index contributed by atoms with van der Waals surface area (Å²) in [4.78, 5) is 0. The van der Waals surface area contributed by atoms with Gasteiger partial charge in [0.2, 0.25) is 0 Å². The van der Waals surface area contributed by atoms with Crippen molar-refractivity contribution in [3.05, 3.63) is 108 Å². The smallest absolute Gasteiger partial charge is 0.186 e. The Morgan fingerprint density at radius 2 is 1.26 bits per heavy atom. The number of hydrogen-bond donors (Lipinski definition) is 0. The fraction of sp³-hybridized carbons (Fsp3) is 0.357. The van der Waals surface area contributed by atoms with Gasteiger partial charge in [0.1, 0.15) is 24.4 Å². The zero-order valence-electron chi connectivity index (χ0n) is 19.2. The molecule has 0 bridgehead atoms. The summed E-state index contributed by atoms with van der Waals surface area (Å²) in [5.41, 5.74) is 3.10. The van der Waals surface area contributed by atoms with E-state index in [2.05, 4.69) is 0 Å². The normalized spacial score (nSPS) is 28.9. The van der Waals surface area contributed by atoms with Crippen LogP contribution in [0.1, 0.15) is 23.0 Å². The topological polar surface area (TPSA) is 55.4 Å². The Hall–Kier alpha value is -2.58. The molecule has 0 spiro atoms. The second kappa shape index (κ2) is 11.2. The minimum atomic E-state index is -0.605. The summed E-state index contributed by atoms with van der Waals surface area (Å²) in [6.45, 7) is 1.22. The highest BCUT2D eigenvalue weighted by Crippen LogP contribution is 2.37. The monoisotopic (exact) mass is 462 g/mol. The van der Waals surface area contributed by atoms with Gasteiger partial charge in [0.05, 0.1) is 19.8 Å². The maximum absolute atomic E-state index is 6.49. The van der Waals surface area contributed by atoms with Gasteiger partial charge in [-0.25, -0.2) is 0 Å². The van der Waals surface area contributed by atoms with Crippen LogP contribution >= 0.6 is 0 Å². The van der Waals surface area contributed by atoms with E-state index in [0.717, 1.165) is 16.7 Å². The Morgan fingerprint density at radius 1 is 0.706 bits per heavy atom. The Balaban J connectivity index is 1.39. The second-order valence-electron chi connectivity index (χ2n) is 8.48. The molecule has 0 N–H and O–H groups in total. The quantitative estimate of drug-likeness (QED) is 0.486. The van der Waals surface area contributed by atoms with Crippen LogP contribution in [0.15, 0.2) is 91.0 Å². The molecule has 3 aromatic carbocycles. The number of fused-ring (bicyclic) bond motifs is 1. The van der Waals surface area contributed by atoms with Gasteiger partial charge in [0, 0.05) is 12.7 Å². The van der Waals surface area contributed by atoms with Crippen molar-refractivity contribution in [2.45, 2.75) is 50.2 Å². The molecule has 0 radical (unpaired) electrons. The van der Waals surface area contributed by atoms with Gasteiger partial charge in [0.15, 0.2) is 12.6 Å². The van der Waals surface area contributed by atoms with E-state index in [-0.39, 0.29) is 12.2 Å². The van der Waals surface area contributed by atoms with Gasteiger partial charge in [-0.3, -0.25) is 0 Å². The van der Waals surface area contributed by atoms with Crippen molar-refractivity contribution in [3.63, 3.8) is 0 Å². The Bertz CT molecular complexity index is 993. The molecule has 0 amide bonds. The number of rotatable bonds is 8. The predicted octanol–water partition coefficient (Wildman–Crippen LogP) is 4.64. The van der Waals surface area contributed by atoms with Crippen molar-refractivity contribution in [1.29, 1.82) is 0 Å². The third-order valence-corrected chi connectivity index (χ3v) is 6.16. The first-order valence-corrected chi connectivity index (χ1v) is 11.6. The summed E-state index contributed by atoms with van der Waals surface area (Å²) < 4.78 is 37.2. The second-order valence-corrected chi connectivity index (χ2v) is 8.48. The van der Waals surface area contributed by atoms with Gasteiger partial charge >= 0.3 is 0 Å². The molecule has 5 rings (SSSR count). The van der Waals surface area contributed by atoms with Crippen molar-refractivity contribution in [3.8, 4) is 0 Å². The van der Waals surface area contributed by atoms with E-state index >= 15 is 0 Å². The van der Waals surface area contributed by atoms with E-state index in [1.54, 1.807) is 7.11 Å². The third kappa shape index (κ3) is 5.39. The number of hydrogen-bond acceptors (Lipinski definition) is 6. The van der Waals surface area contributed by atoms with Crippen molar-refractivity contribution >= 4 is 0 Å². The van der Waals surface area contributed by atoms with Crippen LogP contribution in [0.4, 0.5) is 0 Å². The van der Waals surface area contributed by atoms with E-state index in [9.17, 15) is 0 Å². The summed E-state index contributed by atoms with van der Waals surface area (Å²) in [5.74, 6) is 0. The molecule has 2 saturated heterocycles. The van der Waals surface area contributed by atoms with E-state index in [1.165, 1.54) is 0 Å². The van der Waals surface area contributed by atoms with E-state index < -0.39 is 24.8 Å². The predicted molar refractivity (Wildman–Crippen MR) is 126 cm³/mol. The lowest BCUT2D eigenvalue weighted by molar-refractivity contribution is -0.369. The molecule has 34 heavy (non-hydrogen) atoms. The number of methoxy groups -OCH3 is 1. The highest BCUT2D eigenvalue weighted by Gasteiger charge is 2.51. The molecule has 0 saturated carbocycles. The van der Waals surface area contributed by atoms with E-state index in [0.29, 0.717) is 19.8 Å². The average molecular weight is 463 g/mol. The van der Waals surface area contributed by atoms with Crippen LogP contribution in [-0.4, -0.2) is 44.4 Å². The van der Waals surface area contributed by atoms with Crippen LogP contribution in [0.5, 0.6) is 0 Å². The summed E-state index contributed by atoms with van der Waals surface area (Å²) in [6, 6.07) is 30.0. The van der Waals surface area contributed by atoms with Crippen LogP contribution in [0.3, 0.4) is 0 Å². The van der Waals surface area contributed by atoms with Gasteiger partial charge in [-0.2, -0.15) is 0 Å². The molecule has 2 fully saturated rings. The minimum absolute atomic E-state index is 0.331. The molecule has 2 aliphatic heterocycles. The zero-order valence-corrected chi connectivity index (χ0v) is 19.2. The molecule has 6 nitrogen and oxygen atoms in total. The van der Waals surface area contributed by atoms with Crippen LogP contribution in [0, 0.1) is 0 Å². The first-order valence-electron chi connectivity index (χ1n) is 11.6. The Morgan fingerprint density at radius 3 is 1.85 bits per heavy atom. The summed E-state index contributed by atoms with van der Waals surface area (Å²) in [7, 11) is 1.62. The molecular weight excluding hydrogens is 432 g/mol. The Labute approximate surface area is 200 Å². The van der Waals surface area contributed by atoms with Gasteiger partial charge in [0.25, 0.3) is 0 Å². The first kappa shape index (κ1) is 23.2. The van der Waals surface area contributed by atoms with Gasteiger partial charge in [-0.1, -0.05) is 91.0 Å². The molecule has 2 unspecified atom stereocenters.